The van der Waals surface area contributed by atoms with Gasteiger partial charge in [-0.1, -0.05) is 0 Å². The molecule has 0 unspecified atom stereocenters. The van der Waals surface area contributed by atoms with Gasteiger partial charge in [0.2, 0.25) is 0 Å². The Balaban J connectivity index is 3.54. The second-order valence-corrected chi connectivity index (χ2v) is 2.95. The average Bonchev–Trinajstić information content (AvgIpc) is 2.26. The Bertz CT molecular complexity index is 473. The molecule has 0 fully saturated rings. The average molecular weight is 248 g/mol. The quantitative estimate of drug-likeness (QED) is 0.467. The number of pyridine rings is 1. The highest BCUT2D eigenvalue weighted by Crippen LogP contribution is 2.29. The van der Waals surface area contributed by atoms with E-state index in [1.165, 1.54) is 6.07 Å². The molecule has 0 atom stereocenters. The van der Waals surface area contributed by atoms with Crippen LogP contribution in [0.5, 0.6) is 0 Å². The van der Waals surface area contributed by atoms with Gasteiger partial charge in [-0.15, -0.1) is 11.6 Å². The molecule has 1 aromatic heterocycles. The third-order valence-electron chi connectivity index (χ3n) is 1.84. The minimum atomic E-state index is -2.97. The molecular formula is C8H4ClF2N3O2. The van der Waals surface area contributed by atoms with Gasteiger partial charge in [0, 0.05) is 0 Å². The third-order valence-corrected chi connectivity index (χ3v) is 2.11. The molecule has 16 heavy (non-hydrogen) atoms. The lowest BCUT2D eigenvalue weighted by atomic mass is 10.1. The zero-order valence-corrected chi connectivity index (χ0v) is 8.41. The Morgan fingerprint density at radius 1 is 1.69 bits per heavy atom. The monoisotopic (exact) mass is 247 g/mol. The molecule has 0 amide bonds. The van der Waals surface area contributed by atoms with Gasteiger partial charge in [-0.05, 0) is 0 Å². The molecule has 5 nitrogen and oxygen atoms in total. The summed E-state index contributed by atoms with van der Waals surface area (Å²) in [5.74, 6) is -0.401. The van der Waals surface area contributed by atoms with Crippen molar-refractivity contribution < 1.29 is 13.7 Å². The molecule has 0 aliphatic rings. The highest BCUT2D eigenvalue weighted by Gasteiger charge is 2.25. The predicted molar refractivity (Wildman–Crippen MR) is 50.1 cm³/mol. The standard InChI is InChI=1S/C8H4ClF2N3O2/c9-1-4-5(2-12)7(8(10)11)13-3-6(4)14(15)16/h3,8H,1H2. The minimum Gasteiger partial charge on any atom is -0.258 e. The molecule has 84 valence electrons. The first-order valence-corrected chi connectivity index (χ1v) is 4.46. The van der Waals surface area contributed by atoms with Crippen LogP contribution in [-0.4, -0.2) is 9.91 Å². The van der Waals surface area contributed by atoms with Gasteiger partial charge in [-0.3, -0.25) is 10.1 Å². The number of nitriles is 1. The van der Waals surface area contributed by atoms with E-state index in [1.807, 2.05) is 0 Å². The normalized spacial score (nSPS) is 10.2. The van der Waals surface area contributed by atoms with E-state index in [4.69, 9.17) is 16.9 Å². The predicted octanol–water partition coefficient (Wildman–Crippen LogP) is 2.54. The van der Waals surface area contributed by atoms with Gasteiger partial charge in [0.1, 0.15) is 18.0 Å². The molecule has 0 aliphatic heterocycles. The summed E-state index contributed by atoms with van der Waals surface area (Å²) >= 11 is 5.41. The lowest BCUT2D eigenvalue weighted by Crippen LogP contribution is -2.04. The van der Waals surface area contributed by atoms with Gasteiger partial charge in [0.15, 0.2) is 0 Å². The highest BCUT2D eigenvalue weighted by molar-refractivity contribution is 6.17. The van der Waals surface area contributed by atoms with E-state index in [0.717, 1.165) is 0 Å². The fraction of sp³-hybridized carbons (Fsp3) is 0.250. The zero-order chi connectivity index (χ0) is 12.3. The fourth-order valence-electron chi connectivity index (χ4n) is 1.14. The molecule has 0 saturated heterocycles. The molecule has 0 spiro atoms. The van der Waals surface area contributed by atoms with Crippen molar-refractivity contribution in [1.29, 1.82) is 5.26 Å². The van der Waals surface area contributed by atoms with Crippen LogP contribution in [0.25, 0.3) is 0 Å². The van der Waals surface area contributed by atoms with Crippen molar-refractivity contribution >= 4 is 17.3 Å². The molecule has 0 aliphatic carbocycles. The molecule has 1 aromatic rings. The second-order valence-electron chi connectivity index (χ2n) is 2.69. The van der Waals surface area contributed by atoms with Gasteiger partial charge in [-0.2, -0.15) is 5.26 Å². The molecular weight excluding hydrogens is 244 g/mol. The van der Waals surface area contributed by atoms with Crippen molar-refractivity contribution in [2.24, 2.45) is 0 Å². The number of hydrogen-bond donors (Lipinski definition) is 0. The van der Waals surface area contributed by atoms with Gasteiger partial charge in [0.05, 0.1) is 21.9 Å². The Morgan fingerprint density at radius 2 is 2.31 bits per heavy atom. The van der Waals surface area contributed by atoms with Crippen molar-refractivity contribution in [3.63, 3.8) is 0 Å². The SMILES string of the molecule is N#Cc1c(C(F)F)ncc([N+](=O)[O-])c1CCl. The highest BCUT2D eigenvalue weighted by atomic mass is 35.5. The molecule has 0 saturated carbocycles. The largest absolute Gasteiger partial charge is 0.293 e. The number of aromatic nitrogens is 1. The Labute approximate surface area is 93.4 Å². The molecule has 0 radical (unpaired) electrons. The van der Waals surface area contributed by atoms with Crippen LogP contribution in [0.2, 0.25) is 0 Å². The van der Waals surface area contributed by atoms with E-state index in [-0.39, 0.29) is 5.56 Å². The van der Waals surface area contributed by atoms with E-state index in [0.29, 0.717) is 6.20 Å². The fourth-order valence-corrected chi connectivity index (χ4v) is 1.41. The summed E-state index contributed by atoms with van der Waals surface area (Å²) < 4.78 is 24.9. The van der Waals surface area contributed by atoms with Gasteiger partial charge < -0.3 is 0 Å². The van der Waals surface area contributed by atoms with Crippen LogP contribution in [0.3, 0.4) is 0 Å². The van der Waals surface area contributed by atoms with Crippen LogP contribution in [0.15, 0.2) is 6.20 Å². The summed E-state index contributed by atoms with van der Waals surface area (Å²) in [5, 5.41) is 19.2. The van der Waals surface area contributed by atoms with E-state index >= 15 is 0 Å². The van der Waals surface area contributed by atoms with E-state index < -0.39 is 34.2 Å². The second kappa shape index (κ2) is 4.81. The van der Waals surface area contributed by atoms with Gasteiger partial charge in [-0.25, -0.2) is 13.8 Å². The molecule has 1 rings (SSSR count). The molecule has 0 bridgehead atoms. The maximum absolute atomic E-state index is 12.4. The first-order chi connectivity index (χ1) is 7.52. The van der Waals surface area contributed by atoms with Crippen molar-refractivity contribution in [3.05, 3.63) is 33.1 Å². The van der Waals surface area contributed by atoms with Gasteiger partial charge in [0.25, 0.3) is 12.1 Å². The number of nitrogens with zero attached hydrogens (tertiary/aromatic N) is 3. The number of hydrogen-bond acceptors (Lipinski definition) is 4. The molecule has 1 heterocycles. The van der Waals surface area contributed by atoms with Crippen LogP contribution in [0.1, 0.15) is 23.2 Å². The smallest absolute Gasteiger partial charge is 0.258 e. The molecule has 0 aromatic carbocycles. The van der Waals surface area contributed by atoms with E-state index in [9.17, 15) is 18.9 Å². The Kier molecular flexibility index (Phi) is 3.68. The Hall–Kier alpha value is -1.81. The molecule has 8 heteroatoms. The summed E-state index contributed by atoms with van der Waals surface area (Å²) in [4.78, 5) is 12.9. The molecule has 0 N–H and O–H groups in total. The first-order valence-electron chi connectivity index (χ1n) is 3.93. The van der Waals surface area contributed by atoms with E-state index in [1.54, 1.807) is 0 Å². The topological polar surface area (TPSA) is 79.8 Å². The summed E-state index contributed by atoms with van der Waals surface area (Å²) in [6.07, 6.45) is -2.29. The maximum Gasteiger partial charge on any atom is 0.293 e. The number of halogens is 3. The van der Waals surface area contributed by atoms with Crippen LogP contribution < -0.4 is 0 Å². The van der Waals surface area contributed by atoms with Crippen LogP contribution in [0.4, 0.5) is 14.5 Å². The van der Waals surface area contributed by atoms with Gasteiger partial charge >= 0.3 is 0 Å². The van der Waals surface area contributed by atoms with Crippen molar-refractivity contribution in [3.8, 4) is 6.07 Å². The summed E-state index contributed by atoms with van der Waals surface area (Å²) in [5.41, 5.74) is -2.08. The number of rotatable bonds is 3. The Morgan fingerprint density at radius 3 is 2.69 bits per heavy atom. The minimum absolute atomic E-state index is 0.237. The third kappa shape index (κ3) is 2.06. The first kappa shape index (κ1) is 12.3. The summed E-state index contributed by atoms with van der Waals surface area (Å²) in [6.45, 7) is 0. The van der Waals surface area contributed by atoms with Crippen LogP contribution in [-0.2, 0) is 5.88 Å². The number of nitro groups is 1. The van der Waals surface area contributed by atoms with E-state index in [2.05, 4.69) is 4.98 Å². The lowest BCUT2D eigenvalue weighted by molar-refractivity contribution is -0.385. The van der Waals surface area contributed by atoms with Crippen molar-refractivity contribution in [1.82, 2.24) is 4.98 Å². The van der Waals surface area contributed by atoms with Crippen molar-refractivity contribution in [2.45, 2.75) is 12.3 Å². The lowest BCUT2D eigenvalue weighted by Gasteiger charge is -2.05. The summed E-state index contributed by atoms with van der Waals surface area (Å²) in [7, 11) is 0. The van der Waals surface area contributed by atoms with Crippen molar-refractivity contribution in [2.75, 3.05) is 0 Å². The maximum atomic E-state index is 12.4. The summed E-state index contributed by atoms with van der Waals surface area (Å²) in [6, 6.07) is 1.46. The van der Waals surface area contributed by atoms with Crippen LogP contribution in [0, 0.1) is 21.4 Å². The number of alkyl halides is 3. The zero-order valence-electron chi connectivity index (χ0n) is 7.65. The van der Waals surface area contributed by atoms with Crippen LogP contribution >= 0.6 is 11.6 Å².